The van der Waals surface area contributed by atoms with E-state index in [0.717, 1.165) is 42.9 Å². The summed E-state index contributed by atoms with van der Waals surface area (Å²) in [7, 11) is 1.98. The Morgan fingerprint density at radius 2 is 2.15 bits per heavy atom. The van der Waals surface area contributed by atoms with Crippen LogP contribution in [0.2, 0.25) is 5.02 Å². The van der Waals surface area contributed by atoms with E-state index in [4.69, 9.17) is 11.6 Å². The number of carbonyl (C=O) groups is 1. The van der Waals surface area contributed by atoms with Gasteiger partial charge >= 0.3 is 0 Å². The summed E-state index contributed by atoms with van der Waals surface area (Å²) in [6, 6.07) is 5.43. The Kier molecular flexibility index (Phi) is 5.87. The molecule has 0 atom stereocenters. The molecule has 1 aliphatic rings. The normalized spacial score (nSPS) is 16.4. The number of carbonyl (C=O) groups excluding carboxylic acids is 1. The third kappa shape index (κ3) is 3.96. The van der Waals surface area contributed by atoms with Crippen LogP contribution in [-0.4, -0.2) is 37.5 Å². The smallest absolute Gasteiger partial charge is 0.255 e. The molecule has 0 bridgehead atoms. The van der Waals surface area contributed by atoms with Gasteiger partial charge in [-0.3, -0.25) is 4.79 Å². The fraction of sp³-hybridized carbons (Fsp3) is 0.533. The van der Waals surface area contributed by atoms with Gasteiger partial charge in [0.25, 0.3) is 5.91 Å². The number of nitrogens with one attached hydrogen (secondary N) is 1. The third-order valence-corrected chi connectivity index (χ3v) is 4.67. The molecule has 1 heterocycles. The van der Waals surface area contributed by atoms with E-state index in [9.17, 15) is 4.79 Å². The number of halogens is 2. The van der Waals surface area contributed by atoms with Crippen LogP contribution in [0.25, 0.3) is 0 Å². The predicted molar refractivity (Wildman–Crippen MR) is 86.3 cm³/mol. The van der Waals surface area contributed by atoms with Gasteiger partial charge in [0.15, 0.2) is 0 Å². The zero-order chi connectivity index (χ0) is 14.5. The van der Waals surface area contributed by atoms with Gasteiger partial charge in [-0.15, -0.1) is 0 Å². The van der Waals surface area contributed by atoms with Crippen molar-refractivity contribution in [3.05, 3.63) is 33.3 Å². The largest absolute Gasteiger partial charge is 0.339 e. The average Bonchev–Trinajstić information content (AvgIpc) is 2.45. The van der Waals surface area contributed by atoms with Gasteiger partial charge in [0.1, 0.15) is 0 Å². The molecular formula is C15H20BrClN2O. The van der Waals surface area contributed by atoms with Gasteiger partial charge < -0.3 is 10.2 Å². The maximum atomic E-state index is 12.5. The van der Waals surface area contributed by atoms with E-state index in [0.29, 0.717) is 10.6 Å². The van der Waals surface area contributed by atoms with Gasteiger partial charge in [-0.05, 0) is 57.0 Å². The molecular weight excluding hydrogens is 340 g/mol. The molecule has 1 N–H and O–H groups in total. The first-order valence-corrected chi connectivity index (χ1v) is 8.18. The third-order valence-electron chi connectivity index (χ3n) is 3.87. The Morgan fingerprint density at radius 3 is 2.75 bits per heavy atom. The molecule has 0 aliphatic carbocycles. The number of benzene rings is 1. The minimum absolute atomic E-state index is 0.0505. The fourth-order valence-electron chi connectivity index (χ4n) is 2.61. The lowest BCUT2D eigenvalue weighted by Gasteiger charge is -2.32. The van der Waals surface area contributed by atoms with Crippen LogP contribution in [0.4, 0.5) is 0 Å². The van der Waals surface area contributed by atoms with Crippen LogP contribution < -0.4 is 5.32 Å². The number of hydrogen-bond acceptors (Lipinski definition) is 2. The van der Waals surface area contributed by atoms with Gasteiger partial charge in [-0.25, -0.2) is 0 Å². The van der Waals surface area contributed by atoms with Crippen molar-refractivity contribution in [1.29, 1.82) is 0 Å². The highest BCUT2D eigenvalue weighted by molar-refractivity contribution is 9.10. The second kappa shape index (κ2) is 7.43. The zero-order valence-electron chi connectivity index (χ0n) is 11.7. The zero-order valence-corrected chi connectivity index (χ0v) is 14.0. The van der Waals surface area contributed by atoms with Gasteiger partial charge in [-0.2, -0.15) is 0 Å². The first-order chi connectivity index (χ1) is 9.61. The lowest BCUT2D eigenvalue weighted by molar-refractivity contribution is 0.0687. The van der Waals surface area contributed by atoms with Crippen LogP contribution in [0.15, 0.2) is 22.7 Å². The van der Waals surface area contributed by atoms with Crippen molar-refractivity contribution in [3.8, 4) is 0 Å². The number of hydrogen-bond donors (Lipinski definition) is 1. The first kappa shape index (κ1) is 15.8. The van der Waals surface area contributed by atoms with Crippen LogP contribution in [0.5, 0.6) is 0 Å². The molecule has 3 nitrogen and oxygen atoms in total. The molecule has 1 aromatic rings. The van der Waals surface area contributed by atoms with Crippen LogP contribution in [-0.2, 0) is 0 Å². The highest BCUT2D eigenvalue weighted by atomic mass is 79.9. The molecule has 110 valence electrons. The van der Waals surface area contributed by atoms with Crippen LogP contribution in [0.1, 0.15) is 29.6 Å². The van der Waals surface area contributed by atoms with Gasteiger partial charge in [0, 0.05) is 17.6 Å². The molecule has 0 radical (unpaired) electrons. The van der Waals surface area contributed by atoms with E-state index in [1.165, 1.54) is 6.42 Å². The Bertz CT molecular complexity index is 473. The number of piperidine rings is 1. The maximum absolute atomic E-state index is 12.5. The van der Waals surface area contributed by atoms with Crippen molar-refractivity contribution in [3.63, 3.8) is 0 Å². The molecule has 0 spiro atoms. The second-order valence-electron chi connectivity index (χ2n) is 5.25. The van der Waals surface area contributed by atoms with Crippen molar-refractivity contribution >= 4 is 33.4 Å². The summed E-state index contributed by atoms with van der Waals surface area (Å²) in [6.45, 7) is 2.72. The molecule has 0 saturated carbocycles. The van der Waals surface area contributed by atoms with Crippen molar-refractivity contribution in [2.24, 2.45) is 5.92 Å². The predicted octanol–water partition coefficient (Wildman–Crippen LogP) is 3.56. The van der Waals surface area contributed by atoms with Gasteiger partial charge in [0.2, 0.25) is 0 Å². The minimum atomic E-state index is 0.0505. The van der Waals surface area contributed by atoms with Crippen molar-refractivity contribution in [1.82, 2.24) is 10.2 Å². The van der Waals surface area contributed by atoms with Gasteiger partial charge in [-0.1, -0.05) is 27.5 Å². The SMILES string of the molecule is CNCCC1CCN(C(=O)c2ccc(Br)cc2Cl)CC1. The quantitative estimate of drug-likeness (QED) is 0.891. The molecule has 1 aromatic carbocycles. The van der Waals surface area contributed by atoms with Gasteiger partial charge in [0.05, 0.1) is 10.6 Å². The lowest BCUT2D eigenvalue weighted by atomic mass is 9.93. The molecule has 1 fully saturated rings. The summed E-state index contributed by atoms with van der Waals surface area (Å²) in [6.07, 6.45) is 3.36. The van der Waals surface area contributed by atoms with E-state index in [1.54, 1.807) is 12.1 Å². The van der Waals surface area contributed by atoms with E-state index in [1.807, 2.05) is 18.0 Å². The number of amides is 1. The topological polar surface area (TPSA) is 32.3 Å². The Labute approximate surface area is 133 Å². The highest BCUT2D eigenvalue weighted by Gasteiger charge is 2.24. The molecule has 5 heteroatoms. The monoisotopic (exact) mass is 358 g/mol. The number of rotatable bonds is 4. The van der Waals surface area contributed by atoms with Crippen molar-refractivity contribution in [2.45, 2.75) is 19.3 Å². The lowest BCUT2D eigenvalue weighted by Crippen LogP contribution is -2.39. The van der Waals surface area contributed by atoms with Crippen LogP contribution >= 0.6 is 27.5 Å². The molecule has 0 aromatic heterocycles. The first-order valence-electron chi connectivity index (χ1n) is 7.00. The number of likely N-dealkylation sites (tertiary alicyclic amines) is 1. The molecule has 20 heavy (non-hydrogen) atoms. The number of nitrogens with zero attached hydrogens (tertiary/aromatic N) is 1. The van der Waals surface area contributed by atoms with Crippen LogP contribution in [0, 0.1) is 5.92 Å². The summed E-state index contributed by atoms with van der Waals surface area (Å²) in [5.74, 6) is 0.779. The summed E-state index contributed by atoms with van der Waals surface area (Å²) in [4.78, 5) is 14.4. The standard InChI is InChI=1S/C15H20BrClN2O/c1-18-7-4-11-5-8-19(9-6-11)15(20)13-3-2-12(16)10-14(13)17/h2-3,10-11,18H,4-9H2,1H3. The van der Waals surface area contributed by atoms with E-state index >= 15 is 0 Å². The summed E-state index contributed by atoms with van der Waals surface area (Å²) >= 11 is 9.51. The molecule has 1 aliphatic heterocycles. The van der Waals surface area contributed by atoms with Crippen molar-refractivity contribution < 1.29 is 4.79 Å². The second-order valence-corrected chi connectivity index (χ2v) is 6.57. The maximum Gasteiger partial charge on any atom is 0.255 e. The van der Waals surface area contributed by atoms with E-state index in [-0.39, 0.29) is 5.91 Å². The molecule has 1 saturated heterocycles. The summed E-state index contributed by atoms with van der Waals surface area (Å²) in [5.41, 5.74) is 0.601. The fourth-order valence-corrected chi connectivity index (χ4v) is 3.36. The average molecular weight is 360 g/mol. The highest BCUT2D eigenvalue weighted by Crippen LogP contribution is 2.25. The Balaban J connectivity index is 1.94. The van der Waals surface area contributed by atoms with E-state index in [2.05, 4.69) is 21.2 Å². The van der Waals surface area contributed by atoms with Crippen LogP contribution in [0.3, 0.4) is 0 Å². The summed E-state index contributed by atoms with van der Waals surface area (Å²) in [5, 5.41) is 3.70. The minimum Gasteiger partial charge on any atom is -0.339 e. The molecule has 0 unspecified atom stereocenters. The molecule has 2 rings (SSSR count). The van der Waals surface area contributed by atoms with E-state index < -0.39 is 0 Å². The molecule has 1 amide bonds. The van der Waals surface area contributed by atoms with Crippen molar-refractivity contribution in [2.75, 3.05) is 26.7 Å². The summed E-state index contributed by atoms with van der Waals surface area (Å²) < 4.78 is 0.893. The Hall–Kier alpha value is -0.580. The Morgan fingerprint density at radius 1 is 1.45 bits per heavy atom.